The van der Waals surface area contributed by atoms with E-state index in [1.54, 1.807) is 23.1 Å². The summed E-state index contributed by atoms with van der Waals surface area (Å²) in [4.78, 5) is 4.61. The third-order valence-electron chi connectivity index (χ3n) is 3.19. The van der Waals surface area contributed by atoms with Gasteiger partial charge in [-0.15, -0.1) is 11.3 Å². The molecule has 0 spiro atoms. The summed E-state index contributed by atoms with van der Waals surface area (Å²) in [6.07, 6.45) is 4.31. The highest BCUT2D eigenvalue weighted by molar-refractivity contribution is 8.01. The monoisotopic (exact) mass is 265 g/mol. The molecule has 2 atom stereocenters. The average Bonchev–Trinajstić information content (AvgIpc) is 2.74. The molecule has 90 valence electrons. The Bertz CT molecular complexity index is 478. The fourth-order valence-electron chi connectivity index (χ4n) is 2.25. The molecule has 0 amide bonds. The van der Waals surface area contributed by atoms with Crippen LogP contribution in [0.2, 0.25) is 0 Å². The molecule has 3 rings (SSSR count). The molecule has 1 N–H and O–H groups in total. The first kappa shape index (κ1) is 11.5. The van der Waals surface area contributed by atoms with Gasteiger partial charge in [0.1, 0.15) is 0 Å². The van der Waals surface area contributed by atoms with E-state index in [4.69, 9.17) is 0 Å². The lowest BCUT2D eigenvalue weighted by molar-refractivity contribution is 0.137. The molecule has 17 heavy (non-hydrogen) atoms. The summed E-state index contributed by atoms with van der Waals surface area (Å²) < 4.78 is 2.33. The van der Waals surface area contributed by atoms with Crippen molar-refractivity contribution in [1.82, 2.24) is 4.98 Å². The van der Waals surface area contributed by atoms with Gasteiger partial charge in [0, 0.05) is 5.25 Å². The number of thioether (sulfide) groups is 1. The molecule has 1 aliphatic carbocycles. The molecule has 1 aromatic carbocycles. The SMILES string of the molecule is O[C@H]1CCCC[C@@H]1Sc1nc2ccccc2s1. The lowest BCUT2D eigenvalue weighted by Crippen LogP contribution is -2.26. The lowest BCUT2D eigenvalue weighted by Gasteiger charge is -2.25. The minimum Gasteiger partial charge on any atom is -0.392 e. The minimum absolute atomic E-state index is 0.152. The van der Waals surface area contributed by atoms with E-state index in [-0.39, 0.29) is 6.10 Å². The maximum absolute atomic E-state index is 9.96. The molecule has 0 saturated heterocycles. The topological polar surface area (TPSA) is 33.1 Å². The number of hydrogen-bond donors (Lipinski definition) is 1. The van der Waals surface area contributed by atoms with Crippen molar-refractivity contribution in [2.75, 3.05) is 0 Å². The van der Waals surface area contributed by atoms with Crippen LogP contribution < -0.4 is 0 Å². The summed E-state index contributed by atoms with van der Waals surface area (Å²) in [5, 5.41) is 10.3. The van der Waals surface area contributed by atoms with Crippen LogP contribution in [0.4, 0.5) is 0 Å². The number of benzene rings is 1. The number of para-hydroxylation sites is 1. The summed E-state index contributed by atoms with van der Waals surface area (Å²) in [5.41, 5.74) is 1.07. The van der Waals surface area contributed by atoms with Crippen molar-refractivity contribution in [3.8, 4) is 0 Å². The van der Waals surface area contributed by atoms with Crippen LogP contribution in [0.5, 0.6) is 0 Å². The van der Waals surface area contributed by atoms with E-state index < -0.39 is 0 Å². The Morgan fingerprint density at radius 2 is 2.06 bits per heavy atom. The van der Waals surface area contributed by atoms with Crippen molar-refractivity contribution in [2.24, 2.45) is 0 Å². The van der Waals surface area contributed by atoms with Crippen LogP contribution in [0.3, 0.4) is 0 Å². The predicted molar refractivity (Wildman–Crippen MR) is 73.7 cm³/mol. The van der Waals surface area contributed by atoms with Crippen LogP contribution >= 0.6 is 23.1 Å². The molecule has 1 aliphatic rings. The highest BCUT2D eigenvalue weighted by Gasteiger charge is 2.25. The Kier molecular flexibility index (Phi) is 3.36. The van der Waals surface area contributed by atoms with Gasteiger partial charge in [-0.2, -0.15) is 0 Å². The number of nitrogens with zero attached hydrogens (tertiary/aromatic N) is 1. The van der Waals surface area contributed by atoms with Crippen molar-refractivity contribution >= 4 is 33.3 Å². The van der Waals surface area contributed by atoms with Crippen molar-refractivity contribution in [3.05, 3.63) is 24.3 Å². The molecule has 2 nitrogen and oxygen atoms in total. The Labute approximate surface area is 109 Å². The lowest BCUT2D eigenvalue weighted by atomic mass is 9.97. The fraction of sp³-hybridized carbons (Fsp3) is 0.462. The van der Waals surface area contributed by atoms with E-state index in [2.05, 4.69) is 11.1 Å². The van der Waals surface area contributed by atoms with E-state index in [9.17, 15) is 5.11 Å². The maximum Gasteiger partial charge on any atom is 0.151 e. The van der Waals surface area contributed by atoms with Gasteiger partial charge in [0.2, 0.25) is 0 Å². The van der Waals surface area contributed by atoms with E-state index in [1.165, 1.54) is 11.1 Å². The molecular weight excluding hydrogens is 250 g/mol. The summed E-state index contributed by atoms with van der Waals surface area (Å²) in [5.74, 6) is 0. The molecule has 0 unspecified atom stereocenters. The number of fused-ring (bicyclic) bond motifs is 1. The van der Waals surface area contributed by atoms with Gasteiger partial charge >= 0.3 is 0 Å². The third kappa shape index (κ3) is 2.49. The van der Waals surface area contributed by atoms with Gasteiger partial charge in [0.25, 0.3) is 0 Å². The largest absolute Gasteiger partial charge is 0.392 e. The standard InChI is InChI=1S/C13H15NOS2/c15-10-6-2-4-8-12(10)17-13-14-9-5-1-3-7-11(9)16-13/h1,3,5,7,10,12,15H,2,4,6,8H2/t10-,12-/m0/s1. The van der Waals surface area contributed by atoms with Crippen LogP contribution in [0.15, 0.2) is 28.6 Å². The van der Waals surface area contributed by atoms with Crippen LogP contribution in [0, 0.1) is 0 Å². The molecule has 4 heteroatoms. The quantitative estimate of drug-likeness (QED) is 0.899. The van der Waals surface area contributed by atoms with Gasteiger partial charge < -0.3 is 5.11 Å². The summed E-state index contributed by atoms with van der Waals surface area (Å²) in [7, 11) is 0. The van der Waals surface area contributed by atoms with Crippen molar-refractivity contribution in [2.45, 2.75) is 41.4 Å². The second-order valence-corrected chi connectivity index (χ2v) is 6.97. The molecule has 1 fully saturated rings. The van der Waals surface area contributed by atoms with Gasteiger partial charge in [-0.1, -0.05) is 36.7 Å². The predicted octanol–water partition coefficient (Wildman–Crippen LogP) is 3.69. The second kappa shape index (κ2) is 4.96. The summed E-state index contributed by atoms with van der Waals surface area (Å²) in [6, 6.07) is 8.22. The first-order valence-electron chi connectivity index (χ1n) is 6.03. The van der Waals surface area contributed by atoms with Gasteiger partial charge in [0.05, 0.1) is 16.3 Å². The zero-order chi connectivity index (χ0) is 11.7. The van der Waals surface area contributed by atoms with Gasteiger partial charge in [-0.05, 0) is 25.0 Å². The number of hydrogen-bond acceptors (Lipinski definition) is 4. The number of aromatic nitrogens is 1. The van der Waals surface area contributed by atoms with E-state index in [1.807, 2.05) is 18.2 Å². The van der Waals surface area contributed by atoms with Gasteiger partial charge in [-0.3, -0.25) is 0 Å². The first-order chi connectivity index (χ1) is 8.33. The van der Waals surface area contributed by atoms with Crippen LogP contribution in [0.25, 0.3) is 10.2 Å². The van der Waals surface area contributed by atoms with Gasteiger partial charge in [-0.25, -0.2) is 4.98 Å². The molecular formula is C13H15NOS2. The molecule has 1 aromatic heterocycles. The van der Waals surface area contributed by atoms with Crippen molar-refractivity contribution in [1.29, 1.82) is 0 Å². The Balaban J connectivity index is 1.79. The smallest absolute Gasteiger partial charge is 0.151 e. The van der Waals surface area contributed by atoms with Crippen LogP contribution in [-0.2, 0) is 0 Å². The van der Waals surface area contributed by atoms with Crippen molar-refractivity contribution < 1.29 is 5.11 Å². The average molecular weight is 265 g/mol. The number of rotatable bonds is 2. The zero-order valence-electron chi connectivity index (χ0n) is 9.50. The highest BCUT2D eigenvalue weighted by Crippen LogP contribution is 2.37. The molecule has 2 aromatic rings. The number of thiazole rings is 1. The van der Waals surface area contributed by atoms with Crippen molar-refractivity contribution in [3.63, 3.8) is 0 Å². The third-order valence-corrected chi connectivity index (χ3v) is 5.71. The molecule has 0 aliphatic heterocycles. The minimum atomic E-state index is -0.152. The van der Waals surface area contributed by atoms with Crippen LogP contribution in [-0.4, -0.2) is 21.4 Å². The van der Waals surface area contributed by atoms with E-state index in [0.29, 0.717) is 5.25 Å². The normalized spacial score (nSPS) is 25.2. The Morgan fingerprint density at radius 3 is 2.88 bits per heavy atom. The van der Waals surface area contributed by atoms with E-state index >= 15 is 0 Å². The fourth-order valence-corrected chi connectivity index (χ4v) is 4.76. The maximum atomic E-state index is 9.96. The molecule has 1 heterocycles. The van der Waals surface area contributed by atoms with E-state index in [0.717, 1.165) is 29.1 Å². The molecule has 0 radical (unpaired) electrons. The number of aliphatic hydroxyl groups excluding tert-OH is 1. The summed E-state index contributed by atoms with van der Waals surface area (Å²) >= 11 is 3.49. The first-order valence-corrected chi connectivity index (χ1v) is 7.73. The second-order valence-electron chi connectivity index (χ2n) is 4.46. The molecule has 1 saturated carbocycles. The Morgan fingerprint density at radius 1 is 1.24 bits per heavy atom. The summed E-state index contributed by atoms with van der Waals surface area (Å²) in [6.45, 7) is 0. The van der Waals surface area contributed by atoms with Crippen LogP contribution in [0.1, 0.15) is 25.7 Å². The molecule has 0 bridgehead atoms. The zero-order valence-corrected chi connectivity index (χ0v) is 11.1. The van der Waals surface area contributed by atoms with Gasteiger partial charge in [0.15, 0.2) is 4.34 Å². The highest BCUT2D eigenvalue weighted by atomic mass is 32.2. The Hall–Kier alpha value is -0.580. The number of aliphatic hydroxyl groups is 1.